The van der Waals surface area contributed by atoms with E-state index in [1.54, 1.807) is 16.7 Å². The summed E-state index contributed by atoms with van der Waals surface area (Å²) in [6.07, 6.45) is 1.77. The standard InChI is InChI=1S/C15H11BrN2O3/c16-10-6-7-18-12(8-10)14(15(19)20)17-13(18)9-21-11-4-2-1-3-5-11/h1-8H,9H2,(H,19,20). The minimum absolute atomic E-state index is 0.0166. The summed E-state index contributed by atoms with van der Waals surface area (Å²) in [5.74, 6) is 0.193. The van der Waals surface area contributed by atoms with Crippen molar-refractivity contribution in [2.24, 2.45) is 0 Å². The zero-order chi connectivity index (χ0) is 14.8. The van der Waals surface area contributed by atoms with Crippen LogP contribution < -0.4 is 4.74 Å². The largest absolute Gasteiger partial charge is 0.486 e. The van der Waals surface area contributed by atoms with Gasteiger partial charge in [-0.2, -0.15) is 0 Å². The SMILES string of the molecule is O=C(O)c1nc(COc2ccccc2)n2ccc(Br)cc12. The number of rotatable bonds is 4. The number of imidazole rings is 1. The lowest BCUT2D eigenvalue weighted by Gasteiger charge is -2.05. The number of fused-ring (bicyclic) bond motifs is 1. The third-order valence-corrected chi connectivity index (χ3v) is 3.49. The number of pyridine rings is 1. The first-order valence-electron chi connectivity index (χ1n) is 6.23. The van der Waals surface area contributed by atoms with Gasteiger partial charge in [0.1, 0.15) is 12.4 Å². The van der Waals surface area contributed by atoms with E-state index >= 15 is 0 Å². The lowest BCUT2D eigenvalue weighted by molar-refractivity contribution is 0.0693. The molecule has 0 bridgehead atoms. The van der Waals surface area contributed by atoms with E-state index < -0.39 is 5.97 Å². The lowest BCUT2D eigenvalue weighted by atomic mass is 10.3. The first kappa shape index (κ1) is 13.6. The Morgan fingerprint density at radius 3 is 2.76 bits per heavy atom. The van der Waals surface area contributed by atoms with Gasteiger partial charge in [0.15, 0.2) is 11.5 Å². The molecule has 0 saturated heterocycles. The second-order valence-electron chi connectivity index (χ2n) is 4.38. The summed E-state index contributed by atoms with van der Waals surface area (Å²) < 4.78 is 8.15. The van der Waals surface area contributed by atoms with Crippen molar-refractivity contribution in [3.63, 3.8) is 0 Å². The molecule has 2 aromatic heterocycles. The van der Waals surface area contributed by atoms with Gasteiger partial charge in [-0.25, -0.2) is 9.78 Å². The number of hydrogen-bond donors (Lipinski definition) is 1. The molecule has 6 heteroatoms. The van der Waals surface area contributed by atoms with E-state index in [0.717, 1.165) is 4.47 Å². The van der Waals surface area contributed by atoms with Gasteiger partial charge in [-0.3, -0.25) is 4.40 Å². The maximum absolute atomic E-state index is 11.3. The van der Waals surface area contributed by atoms with E-state index in [2.05, 4.69) is 20.9 Å². The van der Waals surface area contributed by atoms with Gasteiger partial charge in [-0.15, -0.1) is 0 Å². The maximum Gasteiger partial charge on any atom is 0.356 e. The Labute approximate surface area is 128 Å². The first-order valence-corrected chi connectivity index (χ1v) is 7.02. The Kier molecular flexibility index (Phi) is 3.62. The number of carboxylic acid groups (broad SMARTS) is 1. The predicted octanol–water partition coefficient (Wildman–Crippen LogP) is 3.37. The van der Waals surface area contributed by atoms with E-state index in [0.29, 0.717) is 17.1 Å². The second kappa shape index (κ2) is 5.57. The fourth-order valence-electron chi connectivity index (χ4n) is 2.05. The predicted molar refractivity (Wildman–Crippen MR) is 80.6 cm³/mol. The van der Waals surface area contributed by atoms with E-state index in [-0.39, 0.29) is 12.3 Å². The van der Waals surface area contributed by atoms with Crippen molar-refractivity contribution in [2.45, 2.75) is 6.61 Å². The van der Waals surface area contributed by atoms with Crippen LogP contribution in [0.1, 0.15) is 16.3 Å². The van der Waals surface area contributed by atoms with Gasteiger partial charge in [0, 0.05) is 10.7 Å². The highest BCUT2D eigenvalue weighted by atomic mass is 79.9. The minimum atomic E-state index is -1.06. The molecule has 106 valence electrons. The van der Waals surface area contributed by atoms with Crippen LogP contribution in [0, 0.1) is 0 Å². The molecule has 2 heterocycles. The summed E-state index contributed by atoms with van der Waals surface area (Å²) in [6, 6.07) is 12.9. The molecule has 1 aromatic carbocycles. The van der Waals surface area contributed by atoms with Crippen molar-refractivity contribution >= 4 is 27.4 Å². The van der Waals surface area contributed by atoms with E-state index in [9.17, 15) is 9.90 Å². The Hall–Kier alpha value is -2.34. The number of ether oxygens (including phenoxy) is 1. The van der Waals surface area contributed by atoms with Crippen LogP contribution in [0.15, 0.2) is 53.1 Å². The van der Waals surface area contributed by atoms with E-state index in [1.165, 1.54) is 0 Å². The smallest absolute Gasteiger partial charge is 0.356 e. The van der Waals surface area contributed by atoms with Gasteiger partial charge in [-0.05, 0) is 24.3 Å². The Morgan fingerprint density at radius 2 is 2.05 bits per heavy atom. The molecule has 0 radical (unpaired) electrons. The number of nitrogens with zero attached hydrogens (tertiary/aromatic N) is 2. The summed E-state index contributed by atoms with van der Waals surface area (Å²) in [5, 5.41) is 9.24. The number of aromatic carboxylic acids is 1. The van der Waals surface area contributed by atoms with E-state index in [1.807, 2.05) is 36.4 Å². The highest BCUT2D eigenvalue weighted by molar-refractivity contribution is 9.10. The number of carbonyl (C=O) groups is 1. The zero-order valence-electron chi connectivity index (χ0n) is 10.9. The average Bonchev–Trinajstić information content (AvgIpc) is 2.84. The van der Waals surface area contributed by atoms with Gasteiger partial charge >= 0.3 is 5.97 Å². The third kappa shape index (κ3) is 2.75. The summed E-state index contributed by atoms with van der Waals surface area (Å²) in [7, 11) is 0. The topological polar surface area (TPSA) is 63.8 Å². The number of para-hydroxylation sites is 1. The molecule has 3 rings (SSSR count). The molecule has 0 atom stereocenters. The molecule has 3 aromatic rings. The Balaban J connectivity index is 1.97. The van der Waals surface area contributed by atoms with Crippen LogP contribution in [0.4, 0.5) is 0 Å². The average molecular weight is 347 g/mol. The number of halogens is 1. The molecule has 0 spiro atoms. The quantitative estimate of drug-likeness (QED) is 0.786. The van der Waals surface area contributed by atoms with Crippen LogP contribution in [0.5, 0.6) is 5.75 Å². The maximum atomic E-state index is 11.3. The van der Waals surface area contributed by atoms with Crippen LogP contribution in [0.2, 0.25) is 0 Å². The van der Waals surface area contributed by atoms with Crippen molar-refractivity contribution in [1.82, 2.24) is 9.38 Å². The molecule has 5 nitrogen and oxygen atoms in total. The van der Waals surface area contributed by atoms with E-state index in [4.69, 9.17) is 4.74 Å². The van der Waals surface area contributed by atoms with Gasteiger partial charge in [0.2, 0.25) is 0 Å². The fraction of sp³-hybridized carbons (Fsp3) is 0.0667. The van der Waals surface area contributed by atoms with Gasteiger partial charge in [0.25, 0.3) is 0 Å². The van der Waals surface area contributed by atoms with Crippen molar-refractivity contribution < 1.29 is 14.6 Å². The molecule has 21 heavy (non-hydrogen) atoms. The highest BCUT2D eigenvalue weighted by Crippen LogP contribution is 2.20. The third-order valence-electron chi connectivity index (χ3n) is 2.99. The molecule has 0 aliphatic heterocycles. The molecule has 0 aliphatic carbocycles. The number of benzene rings is 1. The van der Waals surface area contributed by atoms with Crippen molar-refractivity contribution in [2.75, 3.05) is 0 Å². The molecule has 0 aliphatic rings. The van der Waals surface area contributed by atoms with Gasteiger partial charge in [0.05, 0.1) is 5.52 Å². The van der Waals surface area contributed by atoms with Crippen LogP contribution in [-0.2, 0) is 6.61 Å². The normalized spacial score (nSPS) is 10.7. The number of hydrogen-bond acceptors (Lipinski definition) is 3. The monoisotopic (exact) mass is 346 g/mol. The molecule has 0 unspecified atom stereocenters. The Bertz CT molecular complexity index is 799. The Morgan fingerprint density at radius 1 is 1.29 bits per heavy atom. The number of aromatic nitrogens is 2. The van der Waals surface area contributed by atoms with Crippen LogP contribution in [0.3, 0.4) is 0 Å². The fourth-order valence-corrected chi connectivity index (χ4v) is 2.38. The van der Waals surface area contributed by atoms with Crippen molar-refractivity contribution in [1.29, 1.82) is 0 Å². The summed E-state index contributed by atoms with van der Waals surface area (Å²) in [6.45, 7) is 0.195. The van der Waals surface area contributed by atoms with Crippen molar-refractivity contribution in [3.05, 3.63) is 64.7 Å². The molecule has 0 saturated carbocycles. The minimum Gasteiger partial charge on any atom is -0.486 e. The highest BCUT2D eigenvalue weighted by Gasteiger charge is 2.17. The molecular formula is C15H11BrN2O3. The first-order chi connectivity index (χ1) is 10.1. The molecule has 0 amide bonds. The molecule has 0 fully saturated rings. The summed E-state index contributed by atoms with van der Waals surface area (Å²) >= 11 is 3.34. The zero-order valence-corrected chi connectivity index (χ0v) is 12.4. The summed E-state index contributed by atoms with van der Waals surface area (Å²) in [5.41, 5.74) is 0.548. The van der Waals surface area contributed by atoms with Gasteiger partial charge in [-0.1, -0.05) is 34.1 Å². The van der Waals surface area contributed by atoms with Crippen LogP contribution >= 0.6 is 15.9 Å². The lowest BCUT2D eigenvalue weighted by Crippen LogP contribution is -2.01. The second-order valence-corrected chi connectivity index (χ2v) is 5.30. The van der Waals surface area contributed by atoms with Crippen LogP contribution in [-0.4, -0.2) is 20.5 Å². The van der Waals surface area contributed by atoms with Crippen LogP contribution in [0.25, 0.3) is 5.52 Å². The van der Waals surface area contributed by atoms with Gasteiger partial charge < -0.3 is 9.84 Å². The molecule has 1 N–H and O–H groups in total. The molecular weight excluding hydrogens is 336 g/mol. The van der Waals surface area contributed by atoms with Crippen molar-refractivity contribution in [3.8, 4) is 5.75 Å². The number of carboxylic acids is 1. The summed E-state index contributed by atoms with van der Waals surface area (Å²) in [4.78, 5) is 15.4.